The van der Waals surface area contributed by atoms with E-state index in [1.807, 2.05) is 25.6 Å². The summed E-state index contributed by atoms with van der Waals surface area (Å²) in [4.78, 5) is 13.0. The molecule has 2 N–H and O–H groups in total. The number of nitrogens with one attached hydrogen (secondary N) is 2. The van der Waals surface area contributed by atoms with E-state index in [0.717, 1.165) is 24.6 Å². The fourth-order valence-electron chi connectivity index (χ4n) is 2.48. The van der Waals surface area contributed by atoms with Crippen molar-refractivity contribution in [2.45, 2.75) is 50.8 Å². The van der Waals surface area contributed by atoms with Crippen molar-refractivity contribution in [2.75, 3.05) is 30.0 Å². The van der Waals surface area contributed by atoms with Crippen LogP contribution in [0.5, 0.6) is 6.01 Å². The van der Waals surface area contributed by atoms with E-state index in [4.69, 9.17) is 4.74 Å². The maximum Gasteiger partial charge on any atom is 0.323 e. The third-order valence-corrected chi connectivity index (χ3v) is 4.70. The molecule has 0 saturated heterocycles. The lowest BCUT2D eigenvalue weighted by Crippen LogP contribution is -2.28. The molecule has 21 heavy (non-hydrogen) atoms. The van der Waals surface area contributed by atoms with Gasteiger partial charge in [-0.3, -0.25) is 0 Å². The van der Waals surface area contributed by atoms with Gasteiger partial charge >= 0.3 is 6.01 Å². The zero-order chi connectivity index (χ0) is 15.1. The number of hydrogen-bond donors (Lipinski definition) is 2. The van der Waals surface area contributed by atoms with Crippen LogP contribution in [-0.4, -0.2) is 45.7 Å². The van der Waals surface area contributed by atoms with Crippen LogP contribution in [0.25, 0.3) is 0 Å². The van der Waals surface area contributed by atoms with Gasteiger partial charge < -0.3 is 15.4 Å². The van der Waals surface area contributed by atoms with Gasteiger partial charge in [0.1, 0.15) is 0 Å². The molecule has 1 heterocycles. The van der Waals surface area contributed by atoms with Crippen LogP contribution in [-0.2, 0) is 0 Å². The fourth-order valence-corrected chi connectivity index (χ4v) is 3.22. The van der Waals surface area contributed by atoms with Crippen molar-refractivity contribution in [3.8, 4) is 6.01 Å². The molecule has 0 radical (unpaired) electrons. The summed E-state index contributed by atoms with van der Waals surface area (Å²) in [7, 11) is 0. The molecular formula is C14H25N5OS. The molecule has 1 aromatic heterocycles. The SMILES string of the molecule is CCNc1nc(NC2CCC(SC)CC2)nc(OCC)n1. The number of hydrogen-bond acceptors (Lipinski definition) is 7. The van der Waals surface area contributed by atoms with Gasteiger partial charge in [-0.1, -0.05) is 0 Å². The van der Waals surface area contributed by atoms with Gasteiger partial charge in [0.05, 0.1) is 6.61 Å². The highest BCUT2D eigenvalue weighted by atomic mass is 32.2. The van der Waals surface area contributed by atoms with Crippen LogP contribution in [0.2, 0.25) is 0 Å². The second kappa shape index (κ2) is 8.26. The molecule has 1 aliphatic rings. The Morgan fingerprint density at radius 2 is 1.81 bits per heavy atom. The number of anilines is 2. The van der Waals surface area contributed by atoms with Crippen LogP contribution in [0.1, 0.15) is 39.5 Å². The smallest absolute Gasteiger partial charge is 0.323 e. The highest BCUT2D eigenvalue weighted by molar-refractivity contribution is 7.99. The molecule has 0 atom stereocenters. The number of nitrogens with zero attached hydrogens (tertiary/aromatic N) is 3. The topological polar surface area (TPSA) is 72.0 Å². The molecule has 1 saturated carbocycles. The quantitative estimate of drug-likeness (QED) is 0.802. The Labute approximate surface area is 130 Å². The first-order chi connectivity index (χ1) is 10.2. The summed E-state index contributed by atoms with van der Waals surface area (Å²) in [5.74, 6) is 1.17. The molecule has 0 unspecified atom stereocenters. The van der Waals surface area contributed by atoms with E-state index in [1.54, 1.807) is 0 Å². The van der Waals surface area contributed by atoms with Crippen LogP contribution in [0, 0.1) is 0 Å². The van der Waals surface area contributed by atoms with Crippen molar-refractivity contribution in [1.82, 2.24) is 15.0 Å². The summed E-state index contributed by atoms with van der Waals surface area (Å²) in [5.41, 5.74) is 0. The molecule has 1 fully saturated rings. The fraction of sp³-hybridized carbons (Fsp3) is 0.786. The average Bonchev–Trinajstić information content (AvgIpc) is 2.48. The predicted octanol–water partition coefficient (Wildman–Crippen LogP) is 2.79. The summed E-state index contributed by atoms with van der Waals surface area (Å²) >= 11 is 1.97. The average molecular weight is 311 g/mol. The molecule has 6 nitrogen and oxygen atoms in total. The first-order valence-corrected chi connectivity index (χ1v) is 8.96. The van der Waals surface area contributed by atoms with Crippen LogP contribution >= 0.6 is 11.8 Å². The minimum absolute atomic E-state index is 0.378. The molecule has 118 valence electrons. The van der Waals surface area contributed by atoms with Crippen molar-refractivity contribution in [1.29, 1.82) is 0 Å². The van der Waals surface area contributed by atoms with Crippen LogP contribution in [0.4, 0.5) is 11.9 Å². The Balaban J connectivity index is 2.01. The van der Waals surface area contributed by atoms with E-state index in [-0.39, 0.29) is 0 Å². The number of rotatable bonds is 7. The Morgan fingerprint density at radius 1 is 1.10 bits per heavy atom. The Hall–Kier alpha value is -1.24. The van der Waals surface area contributed by atoms with Crippen molar-refractivity contribution >= 4 is 23.7 Å². The van der Waals surface area contributed by atoms with Crippen molar-refractivity contribution < 1.29 is 4.74 Å². The third-order valence-electron chi connectivity index (χ3n) is 3.56. The Morgan fingerprint density at radius 3 is 2.43 bits per heavy atom. The van der Waals surface area contributed by atoms with E-state index in [1.165, 1.54) is 12.8 Å². The molecule has 1 aromatic rings. The van der Waals surface area contributed by atoms with Crippen molar-refractivity contribution in [3.63, 3.8) is 0 Å². The molecule has 2 rings (SSSR count). The molecule has 7 heteroatoms. The molecule has 0 bridgehead atoms. The normalized spacial score (nSPS) is 21.9. The second-order valence-electron chi connectivity index (χ2n) is 5.08. The first kappa shape index (κ1) is 16.1. The second-order valence-corrected chi connectivity index (χ2v) is 6.22. The van der Waals surface area contributed by atoms with Gasteiger partial charge in [-0.2, -0.15) is 26.7 Å². The standard InChI is InChI=1S/C14H25N5OS/c1-4-15-12-17-13(19-14(18-12)20-5-2)16-10-6-8-11(21-3)9-7-10/h10-11H,4-9H2,1-3H3,(H2,15,16,17,18,19). The monoisotopic (exact) mass is 311 g/mol. The molecule has 0 aliphatic heterocycles. The van der Waals surface area contributed by atoms with Gasteiger partial charge in [0, 0.05) is 17.8 Å². The number of thioether (sulfide) groups is 1. The maximum atomic E-state index is 5.41. The zero-order valence-electron chi connectivity index (χ0n) is 13.1. The highest BCUT2D eigenvalue weighted by Crippen LogP contribution is 2.28. The van der Waals surface area contributed by atoms with E-state index in [0.29, 0.717) is 30.6 Å². The Bertz CT molecular complexity index is 413. The lowest BCUT2D eigenvalue weighted by atomic mass is 9.95. The van der Waals surface area contributed by atoms with Gasteiger partial charge in [0.15, 0.2) is 0 Å². The highest BCUT2D eigenvalue weighted by Gasteiger charge is 2.21. The lowest BCUT2D eigenvalue weighted by molar-refractivity contribution is 0.312. The first-order valence-electron chi connectivity index (χ1n) is 7.67. The van der Waals surface area contributed by atoms with Crippen LogP contribution < -0.4 is 15.4 Å². The summed E-state index contributed by atoms with van der Waals surface area (Å²) in [6.07, 6.45) is 7.03. The summed E-state index contributed by atoms with van der Waals surface area (Å²) < 4.78 is 5.41. The number of aromatic nitrogens is 3. The van der Waals surface area contributed by atoms with E-state index in [9.17, 15) is 0 Å². The molecule has 1 aliphatic carbocycles. The van der Waals surface area contributed by atoms with Crippen LogP contribution in [0.15, 0.2) is 0 Å². The Kier molecular flexibility index (Phi) is 6.35. The molecular weight excluding hydrogens is 286 g/mol. The summed E-state index contributed by atoms with van der Waals surface area (Å²) in [5, 5.41) is 7.35. The van der Waals surface area contributed by atoms with Gasteiger partial charge in [-0.05, 0) is 45.8 Å². The third kappa shape index (κ3) is 4.91. The van der Waals surface area contributed by atoms with Crippen molar-refractivity contribution in [2.24, 2.45) is 0 Å². The largest absolute Gasteiger partial charge is 0.464 e. The predicted molar refractivity (Wildman–Crippen MR) is 88.3 cm³/mol. The summed E-state index contributed by atoms with van der Waals surface area (Å²) in [6.45, 7) is 5.26. The maximum absolute atomic E-state index is 5.41. The molecule has 0 spiro atoms. The van der Waals surface area contributed by atoms with Gasteiger partial charge in [0.2, 0.25) is 11.9 Å². The molecule has 0 aromatic carbocycles. The van der Waals surface area contributed by atoms with Gasteiger partial charge in [0.25, 0.3) is 0 Å². The summed E-state index contributed by atoms with van der Waals surface area (Å²) in [6, 6.07) is 0.823. The minimum Gasteiger partial charge on any atom is -0.464 e. The zero-order valence-corrected chi connectivity index (χ0v) is 13.9. The minimum atomic E-state index is 0.378. The number of ether oxygens (including phenoxy) is 1. The van der Waals surface area contributed by atoms with Crippen molar-refractivity contribution in [3.05, 3.63) is 0 Å². The van der Waals surface area contributed by atoms with E-state index >= 15 is 0 Å². The van der Waals surface area contributed by atoms with Gasteiger partial charge in [-0.15, -0.1) is 0 Å². The van der Waals surface area contributed by atoms with E-state index in [2.05, 4.69) is 31.8 Å². The molecule has 0 amide bonds. The lowest BCUT2D eigenvalue weighted by Gasteiger charge is -2.28. The van der Waals surface area contributed by atoms with Gasteiger partial charge in [-0.25, -0.2) is 0 Å². The van der Waals surface area contributed by atoms with Crippen LogP contribution in [0.3, 0.4) is 0 Å². The van der Waals surface area contributed by atoms with E-state index < -0.39 is 0 Å².